The fourth-order valence-electron chi connectivity index (χ4n) is 2.30. The lowest BCUT2D eigenvalue weighted by Crippen LogP contribution is -2.35. The molecule has 0 radical (unpaired) electrons. The second-order valence-corrected chi connectivity index (χ2v) is 6.70. The van der Waals surface area contributed by atoms with E-state index in [0.29, 0.717) is 18.9 Å². The number of rotatable bonds is 5. The molecule has 1 aliphatic heterocycles. The molecule has 1 N–H and O–H groups in total. The van der Waals surface area contributed by atoms with E-state index in [1.165, 1.54) is 12.5 Å². The van der Waals surface area contributed by atoms with Crippen LogP contribution in [0.4, 0.5) is 4.39 Å². The van der Waals surface area contributed by atoms with E-state index >= 15 is 0 Å². The third-order valence-electron chi connectivity index (χ3n) is 3.46. The van der Waals surface area contributed by atoms with Gasteiger partial charge in [0, 0.05) is 24.8 Å². The van der Waals surface area contributed by atoms with Gasteiger partial charge in [-0.2, -0.15) is 0 Å². The minimum absolute atomic E-state index is 0.00325. The Hall–Kier alpha value is -1.13. The molecule has 0 spiro atoms. The number of hydrogen-bond acceptors (Lipinski definition) is 3. The lowest BCUT2D eigenvalue weighted by Gasteiger charge is -2.23. The van der Waals surface area contributed by atoms with E-state index in [0.717, 1.165) is 25.0 Å². The summed E-state index contributed by atoms with van der Waals surface area (Å²) in [5.74, 6) is 0.317. The summed E-state index contributed by atoms with van der Waals surface area (Å²) >= 11 is 0. The van der Waals surface area contributed by atoms with Gasteiger partial charge in [0.15, 0.2) is 0 Å². The first-order chi connectivity index (χ1) is 9.92. The summed E-state index contributed by atoms with van der Waals surface area (Å²) in [6.45, 7) is 8.18. The van der Waals surface area contributed by atoms with Gasteiger partial charge in [0.25, 0.3) is 0 Å². The van der Waals surface area contributed by atoms with Gasteiger partial charge >= 0.3 is 0 Å². The van der Waals surface area contributed by atoms with E-state index in [4.69, 9.17) is 9.47 Å². The molecule has 1 aliphatic rings. The molecule has 0 bridgehead atoms. The van der Waals surface area contributed by atoms with Crippen molar-refractivity contribution in [3.05, 3.63) is 29.6 Å². The Labute approximate surface area is 126 Å². The summed E-state index contributed by atoms with van der Waals surface area (Å²) in [7, 11) is 0. The van der Waals surface area contributed by atoms with Crippen molar-refractivity contribution < 1.29 is 13.9 Å². The minimum Gasteiger partial charge on any atom is -0.491 e. The molecule has 0 aromatic heterocycles. The lowest BCUT2D eigenvalue weighted by molar-refractivity contribution is -0.0111. The van der Waals surface area contributed by atoms with Gasteiger partial charge < -0.3 is 14.8 Å². The predicted octanol–water partition coefficient (Wildman–Crippen LogP) is 3.66. The maximum atomic E-state index is 13.7. The van der Waals surface area contributed by atoms with E-state index in [9.17, 15) is 4.39 Å². The maximum Gasteiger partial charge on any atom is 0.127 e. The molecule has 1 unspecified atom stereocenters. The van der Waals surface area contributed by atoms with Crippen molar-refractivity contribution in [1.29, 1.82) is 0 Å². The van der Waals surface area contributed by atoms with Crippen molar-refractivity contribution in [2.24, 2.45) is 0 Å². The Balaban J connectivity index is 1.91. The Morgan fingerprint density at radius 1 is 1.29 bits per heavy atom. The fraction of sp³-hybridized carbons (Fsp3) is 0.647. The number of benzene rings is 1. The molecule has 3 nitrogen and oxygen atoms in total. The van der Waals surface area contributed by atoms with Crippen LogP contribution in [0.3, 0.4) is 0 Å². The van der Waals surface area contributed by atoms with Gasteiger partial charge in [-0.25, -0.2) is 4.39 Å². The second kappa shape index (κ2) is 7.23. The highest BCUT2D eigenvalue weighted by Gasteiger charge is 2.15. The Bertz CT molecular complexity index is 451. The summed E-state index contributed by atoms with van der Waals surface area (Å²) < 4.78 is 25.0. The third-order valence-corrected chi connectivity index (χ3v) is 3.46. The summed E-state index contributed by atoms with van der Waals surface area (Å²) in [6, 6.07) is 4.87. The Morgan fingerprint density at radius 3 is 2.76 bits per heavy atom. The number of halogens is 1. The van der Waals surface area contributed by atoms with Crippen molar-refractivity contribution in [3.8, 4) is 5.75 Å². The lowest BCUT2D eigenvalue weighted by atomic mass is 10.1. The molecule has 0 aliphatic carbocycles. The molecule has 21 heavy (non-hydrogen) atoms. The van der Waals surface area contributed by atoms with Crippen LogP contribution in [0.2, 0.25) is 0 Å². The summed E-state index contributed by atoms with van der Waals surface area (Å²) in [6.07, 6.45) is 3.46. The highest BCUT2D eigenvalue weighted by molar-refractivity contribution is 5.29. The predicted molar refractivity (Wildman–Crippen MR) is 82.1 cm³/mol. The second-order valence-electron chi connectivity index (χ2n) is 6.70. The quantitative estimate of drug-likeness (QED) is 0.899. The molecule has 1 aromatic rings. The molecule has 4 heteroatoms. The van der Waals surface area contributed by atoms with Crippen LogP contribution in [-0.2, 0) is 11.3 Å². The summed E-state index contributed by atoms with van der Waals surface area (Å²) in [5, 5.41) is 3.35. The van der Waals surface area contributed by atoms with Crippen molar-refractivity contribution >= 4 is 0 Å². The van der Waals surface area contributed by atoms with Gasteiger partial charge in [0.2, 0.25) is 0 Å². The van der Waals surface area contributed by atoms with Gasteiger partial charge in [-0.15, -0.1) is 0 Å². The zero-order valence-corrected chi connectivity index (χ0v) is 13.2. The molecular formula is C17H26FNO2. The van der Waals surface area contributed by atoms with Crippen LogP contribution in [0, 0.1) is 5.82 Å². The van der Waals surface area contributed by atoms with Crippen LogP contribution in [-0.4, -0.2) is 24.9 Å². The highest BCUT2D eigenvalue weighted by Crippen LogP contribution is 2.19. The molecule has 1 fully saturated rings. The molecule has 1 heterocycles. The van der Waals surface area contributed by atoms with Crippen LogP contribution < -0.4 is 10.1 Å². The van der Waals surface area contributed by atoms with E-state index in [2.05, 4.69) is 26.1 Å². The topological polar surface area (TPSA) is 30.5 Å². The normalized spacial score (nSPS) is 19.5. The highest BCUT2D eigenvalue weighted by atomic mass is 19.1. The molecule has 1 atom stereocenters. The molecular weight excluding hydrogens is 269 g/mol. The van der Waals surface area contributed by atoms with Gasteiger partial charge in [-0.1, -0.05) is 0 Å². The molecule has 0 amide bonds. The minimum atomic E-state index is -0.261. The molecule has 118 valence electrons. The van der Waals surface area contributed by atoms with E-state index < -0.39 is 0 Å². The van der Waals surface area contributed by atoms with E-state index in [1.807, 2.05) is 6.07 Å². The standard InChI is InChI=1S/C17H26FNO2/c1-17(2,3)19-11-13-8-14(18)10-16(9-13)21-12-15-6-4-5-7-20-15/h8-10,15,19H,4-7,11-12H2,1-3H3. The first-order valence-electron chi connectivity index (χ1n) is 7.71. The smallest absolute Gasteiger partial charge is 0.127 e. The van der Waals surface area contributed by atoms with Gasteiger partial charge in [-0.3, -0.25) is 0 Å². The van der Waals surface area contributed by atoms with E-state index in [-0.39, 0.29) is 17.5 Å². The van der Waals surface area contributed by atoms with Crippen LogP contribution in [0.1, 0.15) is 45.6 Å². The third kappa shape index (κ3) is 6.02. The van der Waals surface area contributed by atoms with Crippen molar-refractivity contribution in [2.75, 3.05) is 13.2 Å². The van der Waals surface area contributed by atoms with Crippen molar-refractivity contribution in [3.63, 3.8) is 0 Å². The Morgan fingerprint density at radius 2 is 2.10 bits per heavy atom. The number of nitrogens with one attached hydrogen (secondary N) is 1. The first kappa shape index (κ1) is 16.2. The molecule has 1 saturated heterocycles. The van der Waals surface area contributed by atoms with Crippen LogP contribution >= 0.6 is 0 Å². The molecule has 2 rings (SSSR count). The van der Waals surface area contributed by atoms with Crippen molar-refractivity contribution in [1.82, 2.24) is 5.32 Å². The zero-order valence-electron chi connectivity index (χ0n) is 13.2. The number of hydrogen-bond donors (Lipinski definition) is 1. The SMILES string of the molecule is CC(C)(C)NCc1cc(F)cc(OCC2CCCCO2)c1. The van der Waals surface area contributed by atoms with E-state index in [1.54, 1.807) is 6.07 Å². The van der Waals surface area contributed by atoms with Crippen LogP contribution in [0.25, 0.3) is 0 Å². The number of ether oxygens (including phenoxy) is 2. The monoisotopic (exact) mass is 295 g/mol. The van der Waals surface area contributed by atoms with Gasteiger partial charge in [0.05, 0.1) is 6.10 Å². The average molecular weight is 295 g/mol. The van der Waals surface area contributed by atoms with Gasteiger partial charge in [-0.05, 0) is 57.7 Å². The van der Waals surface area contributed by atoms with Crippen LogP contribution in [0.15, 0.2) is 18.2 Å². The zero-order chi connectivity index (χ0) is 15.3. The largest absolute Gasteiger partial charge is 0.491 e. The summed E-state index contributed by atoms with van der Waals surface area (Å²) in [5.41, 5.74) is 0.896. The molecule has 1 aromatic carbocycles. The molecule has 0 saturated carbocycles. The fourth-order valence-corrected chi connectivity index (χ4v) is 2.30. The maximum absolute atomic E-state index is 13.7. The summed E-state index contributed by atoms with van der Waals surface area (Å²) in [4.78, 5) is 0. The van der Waals surface area contributed by atoms with Crippen LogP contribution in [0.5, 0.6) is 5.75 Å². The van der Waals surface area contributed by atoms with Crippen molar-refractivity contribution in [2.45, 2.75) is 58.2 Å². The Kier molecular flexibility index (Phi) is 5.59. The first-order valence-corrected chi connectivity index (χ1v) is 7.71. The van der Waals surface area contributed by atoms with Gasteiger partial charge in [0.1, 0.15) is 18.2 Å². The average Bonchev–Trinajstić information content (AvgIpc) is 2.43.